The van der Waals surface area contributed by atoms with Crippen molar-refractivity contribution in [2.45, 2.75) is 26.0 Å². The van der Waals surface area contributed by atoms with Gasteiger partial charge in [0.15, 0.2) is 0 Å². The number of nitrogens with one attached hydrogen (secondary N) is 1. The number of aromatic nitrogens is 1. The summed E-state index contributed by atoms with van der Waals surface area (Å²) in [5.41, 5.74) is 0.710. The van der Waals surface area contributed by atoms with Crippen molar-refractivity contribution in [3.8, 4) is 11.5 Å². The number of hydrogen-bond donors (Lipinski definition) is 2. The highest BCUT2D eigenvalue weighted by atomic mass is 32.1. The highest BCUT2D eigenvalue weighted by Crippen LogP contribution is 2.29. The summed E-state index contributed by atoms with van der Waals surface area (Å²) in [6.07, 6.45) is 1.19. The molecule has 5 nitrogen and oxygen atoms in total. The highest BCUT2D eigenvalue weighted by molar-refractivity contribution is 7.11. The van der Waals surface area contributed by atoms with E-state index in [4.69, 9.17) is 9.47 Å². The van der Waals surface area contributed by atoms with Crippen molar-refractivity contribution >= 4 is 11.3 Å². The Labute approximate surface area is 134 Å². The molecule has 2 N–H and O–H groups in total. The van der Waals surface area contributed by atoms with Crippen molar-refractivity contribution in [3.05, 3.63) is 39.8 Å². The average molecular weight is 322 g/mol. The van der Waals surface area contributed by atoms with Crippen LogP contribution in [0, 0.1) is 6.92 Å². The summed E-state index contributed by atoms with van der Waals surface area (Å²) >= 11 is 1.66. The second kappa shape index (κ2) is 7.58. The topological polar surface area (TPSA) is 63.6 Å². The molecule has 0 aliphatic rings. The molecular formula is C16H22N2O3S. The minimum atomic E-state index is -0.679. The molecule has 0 fully saturated rings. The van der Waals surface area contributed by atoms with Crippen LogP contribution in [0.5, 0.6) is 11.5 Å². The molecule has 120 valence electrons. The first kappa shape index (κ1) is 16.7. The van der Waals surface area contributed by atoms with Gasteiger partial charge >= 0.3 is 0 Å². The lowest BCUT2D eigenvalue weighted by Crippen LogP contribution is -2.24. The lowest BCUT2D eigenvalue weighted by atomic mass is 10.1. The van der Waals surface area contributed by atoms with Gasteiger partial charge in [0.05, 0.1) is 25.3 Å². The van der Waals surface area contributed by atoms with E-state index in [2.05, 4.69) is 17.2 Å². The predicted molar refractivity (Wildman–Crippen MR) is 87.8 cm³/mol. The molecule has 0 spiro atoms. The first-order chi connectivity index (χ1) is 10.5. The number of aryl methyl sites for hydroxylation is 1. The van der Waals surface area contributed by atoms with Crippen LogP contribution in [0.4, 0.5) is 0 Å². The van der Waals surface area contributed by atoms with E-state index in [-0.39, 0.29) is 6.04 Å². The van der Waals surface area contributed by atoms with Crippen molar-refractivity contribution in [3.63, 3.8) is 0 Å². The number of aliphatic hydroxyl groups excluding tert-OH is 1. The number of rotatable bonds is 7. The fourth-order valence-electron chi connectivity index (χ4n) is 2.18. The zero-order valence-electron chi connectivity index (χ0n) is 13.3. The summed E-state index contributed by atoms with van der Waals surface area (Å²) in [5.74, 6) is 1.34. The normalized spacial score (nSPS) is 13.7. The third-order valence-electron chi connectivity index (χ3n) is 3.48. The van der Waals surface area contributed by atoms with Crippen molar-refractivity contribution in [1.82, 2.24) is 10.3 Å². The van der Waals surface area contributed by atoms with Crippen molar-refractivity contribution in [2.75, 3.05) is 20.8 Å². The average Bonchev–Trinajstić information content (AvgIpc) is 2.98. The number of ether oxygens (including phenoxy) is 2. The maximum absolute atomic E-state index is 10.4. The first-order valence-electron chi connectivity index (χ1n) is 7.10. The maximum Gasteiger partial charge on any atom is 0.124 e. The van der Waals surface area contributed by atoms with E-state index < -0.39 is 6.10 Å². The van der Waals surface area contributed by atoms with Crippen LogP contribution in [0.3, 0.4) is 0 Å². The van der Waals surface area contributed by atoms with E-state index in [1.807, 2.05) is 19.2 Å². The molecule has 0 aliphatic heterocycles. The molecule has 2 aromatic rings. The molecule has 2 unspecified atom stereocenters. The van der Waals surface area contributed by atoms with Crippen LogP contribution >= 0.6 is 11.3 Å². The van der Waals surface area contributed by atoms with Crippen molar-refractivity contribution < 1.29 is 14.6 Å². The lowest BCUT2D eigenvalue weighted by molar-refractivity contribution is 0.166. The second-order valence-corrected chi connectivity index (χ2v) is 6.30. The zero-order chi connectivity index (χ0) is 16.1. The van der Waals surface area contributed by atoms with Crippen LogP contribution in [0.1, 0.15) is 34.5 Å². The number of methoxy groups -OCH3 is 2. The van der Waals surface area contributed by atoms with Crippen LogP contribution in [0.2, 0.25) is 0 Å². The Kier molecular flexibility index (Phi) is 5.76. The standard InChI is InChI=1S/C16H22N2O3S/c1-10(16-9-18-11(2)22-16)17-8-14(19)13-7-12(20-3)5-6-15(13)21-4/h5-7,9-10,14,17,19H,8H2,1-4H3. The third-order valence-corrected chi connectivity index (χ3v) is 4.57. The molecule has 6 heteroatoms. The minimum Gasteiger partial charge on any atom is -0.497 e. The van der Waals surface area contributed by atoms with Crippen LogP contribution < -0.4 is 14.8 Å². The summed E-state index contributed by atoms with van der Waals surface area (Å²) in [7, 11) is 3.19. The summed E-state index contributed by atoms with van der Waals surface area (Å²) in [5, 5.41) is 14.8. The third kappa shape index (κ3) is 3.97. The molecule has 0 aliphatic carbocycles. The summed E-state index contributed by atoms with van der Waals surface area (Å²) in [6.45, 7) is 4.46. The predicted octanol–water partition coefficient (Wildman–Crippen LogP) is 2.85. The van der Waals surface area contributed by atoms with E-state index in [0.29, 0.717) is 23.6 Å². The molecule has 2 rings (SSSR count). The van der Waals surface area contributed by atoms with Gasteiger partial charge in [0, 0.05) is 29.2 Å². The molecule has 0 saturated heterocycles. The van der Waals surface area contributed by atoms with Gasteiger partial charge in [0.25, 0.3) is 0 Å². The SMILES string of the molecule is COc1ccc(OC)c(C(O)CNC(C)c2cnc(C)s2)c1. The van der Waals surface area contributed by atoms with Gasteiger partial charge in [-0.2, -0.15) is 0 Å². The van der Waals surface area contributed by atoms with Crippen LogP contribution in [0.25, 0.3) is 0 Å². The van der Waals surface area contributed by atoms with Crippen molar-refractivity contribution in [2.24, 2.45) is 0 Å². The van der Waals surface area contributed by atoms with Gasteiger partial charge in [-0.3, -0.25) is 0 Å². The molecule has 1 heterocycles. The lowest BCUT2D eigenvalue weighted by Gasteiger charge is -2.19. The van der Waals surface area contributed by atoms with Gasteiger partial charge in [-0.25, -0.2) is 4.98 Å². The Hall–Kier alpha value is -1.63. The van der Waals surface area contributed by atoms with Crippen LogP contribution in [0.15, 0.2) is 24.4 Å². The Morgan fingerprint density at radius 3 is 2.68 bits per heavy atom. The quantitative estimate of drug-likeness (QED) is 0.821. The van der Waals surface area contributed by atoms with E-state index in [1.165, 1.54) is 0 Å². The zero-order valence-corrected chi connectivity index (χ0v) is 14.1. The molecule has 2 atom stereocenters. The molecular weight excluding hydrogens is 300 g/mol. The van der Waals surface area contributed by atoms with Gasteiger partial charge in [-0.05, 0) is 32.0 Å². The molecule has 22 heavy (non-hydrogen) atoms. The van der Waals surface area contributed by atoms with Crippen LogP contribution in [-0.4, -0.2) is 30.9 Å². The molecule has 0 amide bonds. The highest BCUT2D eigenvalue weighted by Gasteiger charge is 2.16. The maximum atomic E-state index is 10.4. The fourth-order valence-corrected chi connectivity index (χ4v) is 2.99. The largest absolute Gasteiger partial charge is 0.497 e. The van der Waals surface area contributed by atoms with Crippen molar-refractivity contribution in [1.29, 1.82) is 0 Å². The molecule has 0 radical (unpaired) electrons. The minimum absolute atomic E-state index is 0.137. The van der Waals surface area contributed by atoms with E-state index >= 15 is 0 Å². The number of thiazole rings is 1. The Morgan fingerprint density at radius 2 is 2.09 bits per heavy atom. The van der Waals surface area contributed by atoms with Gasteiger partial charge in [-0.1, -0.05) is 0 Å². The van der Waals surface area contributed by atoms with E-state index in [0.717, 1.165) is 9.88 Å². The Bertz CT molecular complexity index is 615. The van der Waals surface area contributed by atoms with E-state index in [9.17, 15) is 5.11 Å². The number of benzene rings is 1. The summed E-state index contributed by atoms with van der Waals surface area (Å²) < 4.78 is 10.5. The van der Waals surface area contributed by atoms with Crippen LogP contribution in [-0.2, 0) is 0 Å². The van der Waals surface area contributed by atoms with E-state index in [1.54, 1.807) is 37.7 Å². The Balaban J connectivity index is 2.04. The van der Waals surface area contributed by atoms with Gasteiger partial charge in [0.1, 0.15) is 11.5 Å². The molecule has 1 aromatic heterocycles. The molecule has 0 saturated carbocycles. The van der Waals surface area contributed by atoms with Gasteiger partial charge in [0.2, 0.25) is 0 Å². The number of hydrogen-bond acceptors (Lipinski definition) is 6. The summed E-state index contributed by atoms with van der Waals surface area (Å²) in [4.78, 5) is 5.41. The smallest absolute Gasteiger partial charge is 0.124 e. The van der Waals surface area contributed by atoms with Gasteiger partial charge < -0.3 is 19.9 Å². The number of aliphatic hydroxyl groups is 1. The number of nitrogens with zero attached hydrogens (tertiary/aromatic N) is 1. The Morgan fingerprint density at radius 1 is 1.32 bits per heavy atom. The molecule has 0 bridgehead atoms. The second-order valence-electron chi connectivity index (χ2n) is 5.04. The summed E-state index contributed by atoms with van der Waals surface area (Å²) in [6, 6.07) is 5.54. The monoisotopic (exact) mass is 322 g/mol. The van der Waals surface area contributed by atoms with Gasteiger partial charge in [-0.15, -0.1) is 11.3 Å². The first-order valence-corrected chi connectivity index (χ1v) is 7.92. The fraction of sp³-hybridized carbons (Fsp3) is 0.438. The molecule has 1 aromatic carbocycles.